The number of sulfonamides is 1. The lowest BCUT2D eigenvalue weighted by molar-refractivity contribution is 0.562. The van der Waals surface area contributed by atoms with Gasteiger partial charge in [-0.15, -0.1) is 0 Å². The van der Waals surface area contributed by atoms with Crippen molar-refractivity contribution >= 4 is 25.7 Å². The lowest BCUT2D eigenvalue weighted by Crippen LogP contribution is -2.35. The Morgan fingerprint density at radius 1 is 1.42 bits per heavy atom. The summed E-state index contributed by atoms with van der Waals surface area (Å²) in [6.07, 6.45) is 1.59. The van der Waals surface area contributed by atoms with E-state index in [0.717, 1.165) is 0 Å². The molecule has 1 aromatic heterocycles. The summed E-state index contributed by atoms with van der Waals surface area (Å²) >= 11 is 0. The number of anilines is 1. The average Bonchev–Trinajstić information content (AvgIpc) is 2.68. The van der Waals surface area contributed by atoms with Crippen LogP contribution in [0.15, 0.2) is 23.2 Å². The molecule has 2 rings (SSSR count). The topological polar surface area (TPSA) is 131 Å². The van der Waals surface area contributed by atoms with Crippen molar-refractivity contribution in [1.82, 2.24) is 9.71 Å². The van der Waals surface area contributed by atoms with E-state index < -0.39 is 25.9 Å². The van der Waals surface area contributed by atoms with Gasteiger partial charge in [0.25, 0.3) is 0 Å². The molecule has 1 unspecified atom stereocenters. The largest absolute Gasteiger partial charge is 0.308 e. The fourth-order valence-corrected chi connectivity index (χ4v) is 4.89. The Kier molecular flexibility index (Phi) is 3.76. The van der Waals surface area contributed by atoms with Crippen LogP contribution in [0.3, 0.4) is 0 Å². The average molecular weight is 306 g/mol. The Hall–Kier alpha value is -1.23. The Labute approximate surface area is 111 Å². The summed E-state index contributed by atoms with van der Waals surface area (Å²) in [5, 5.41) is 0. The van der Waals surface area contributed by atoms with E-state index in [-0.39, 0.29) is 28.6 Å². The zero-order valence-electron chi connectivity index (χ0n) is 9.90. The molecule has 0 aliphatic carbocycles. The third-order valence-electron chi connectivity index (χ3n) is 2.74. The van der Waals surface area contributed by atoms with Crippen LogP contribution in [0.1, 0.15) is 6.42 Å². The Morgan fingerprint density at radius 3 is 2.74 bits per heavy atom. The number of aromatic nitrogens is 1. The summed E-state index contributed by atoms with van der Waals surface area (Å²) in [6, 6.07) is 2.00. The van der Waals surface area contributed by atoms with Gasteiger partial charge in [-0.2, -0.15) is 0 Å². The van der Waals surface area contributed by atoms with Crippen molar-refractivity contribution in [2.75, 3.05) is 16.9 Å². The molecule has 0 bridgehead atoms. The van der Waals surface area contributed by atoms with Gasteiger partial charge < -0.3 is 5.43 Å². The predicted octanol–water partition coefficient (Wildman–Crippen LogP) is -1.17. The van der Waals surface area contributed by atoms with Gasteiger partial charge in [0.15, 0.2) is 9.84 Å². The molecule has 0 radical (unpaired) electrons. The van der Waals surface area contributed by atoms with Gasteiger partial charge in [0.2, 0.25) is 10.0 Å². The summed E-state index contributed by atoms with van der Waals surface area (Å²) in [4.78, 5) is 3.79. The number of pyridine rings is 1. The maximum absolute atomic E-state index is 12.1. The molecule has 1 aliphatic rings. The van der Waals surface area contributed by atoms with Crippen molar-refractivity contribution in [3.05, 3.63) is 18.3 Å². The standard InChI is InChI=1S/C9H14N4O4S2/c10-12-9-5-8(1-3-11-9)19(16,17)13-7-2-4-18(14,15)6-7/h1,3,5,7,13H,2,4,6,10H2,(H,11,12). The Morgan fingerprint density at radius 2 is 2.16 bits per heavy atom. The molecule has 0 amide bonds. The van der Waals surface area contributed by atoms with Gasteiger partial charge >= 0.3 is 0 Å². The molecular formula is C9H14N4O4S2. The molecule has 106 valence electrons. The molecule has 1 fully saturated rings. The van der Waals surface area contributed by atoms with Crippen LogP contribution < -0.4 is 16.0 Å². The number of rotatable bonds is 4. The molecule has 1 atom stereocenters. The minimum absolute atomic E-state index is 0.00609. The zero-order chi connectivity index (χ0) is 14.1. The van der Waals surface area contributed by atoms with E-state index in [2.05, 4.69) is 15.1 Å². The molecule has 10 heteroatoms. The van der Waals surface area contributed by atoms with Crippen LogP contribution in [0.4, 0.5) is 5.82 Å². The van der Waals surface area contributed by atoms with E-state index >= 15 is 0 Å². The molecule has 0 saturated carbocycles. The van der Waals surface area contributed by atoms with Crippen LogP contribution in [0.2, 0.25) is 0 Å². The van der Waals surface area contributed by atoms with Crippen LogP contribution in [-0.2, 0) is 19.9 Å². The van der Waals surface area contributed by atoms with Crippen LogP contribution in [-0.4, -0.2) is 39.4 Å². The van der Waals surface area contributed by atoms with Crippen LogP contribution in [0.5, 0.6) is 0 Å². The fraction of sp³-hybridized carbons (Fsp3) is 0.444. The molecule has 0 aromatic carbocycles. The van der Waals surface area contributed by atoms with E-state index in [4.69, 9.17) is 5.84 Å². The molecule has 1 saturated heterocycles. The van der Waals surface area contributed by atoms with E-state index in [1.165, 1.54) is 18.3 Å². The smallest absolute Gasteiger partial charge is 0.241 e. The highest BCUT2D eigenvalue weighted by atomic mass is 32.2. The van der Waals surface area contributed by atoms with E-state index in [0.29, 0.717) is 0 Å². The number of hydrogen-bond donors (Lipinski definition) is 3. The first-order valence-electron chi connectivity index (χ1n) is 5.48. The van der Waals surface area contributed by atoms with Crippen LogP contribution >= 0.6 is 0 Å². The molecule has 0 spiro atoms. The van der Waals surface area contributed by atoms with Crippen molar-refractivity contribution < 1.29 is 16.8 Å². The van der Waals surface area contributed by atoms with Crippen molar-refractivity contribution in [2.24, 2.45) is 5.84 Å². The number of nitrogens with two attached hydrogens (primary N) is 1. The van der Waals surface area contributed by atoms with Crippen molar-refractivity contribution in [1.29, 1.82) is 0 Å². The Balaban J connectivity index is 2.19. The highest BCUT2D eigenvalue weighted by Crippen LogP contribution is 2.16. The summed E-state index contributed by atoms with van der Waals surface area (Å²) in [5.74, 6) is 5.20. The second-order valence-corrected chi connectivity index (χ2v) is 8.19. The SMILES string of the molecule is NNc1cc(S(=O)(=O)NC2CCS(=O)(=O)C2)ccn1. The first kappa shape index (κ1) is 14.2. The first-order valence-corrected chi connectivity index (χ1v) is 8.78. The maximum atomic E-state index is 12.1. The molecule has 1 aliphatic heterocycles. The normalized spacial score (nSPS) is 22.3. The van der Waals surface area contributed by atoms with Crippen molar-refractivity contribution in [2.45, 2.75) is 17.4 Å². The molecule has 8 nitrogen and oxygen atoms in total. The Bertz CT molecular complexity index is 671. The minimum atomic E-state index is -3.78. The fourth-order valence-electron chi connectivity index (χ4n) is 1.83. The van der Waals surface area contributed by atoms with E-state index in [1.807, 2.05) is 0 Å². The number of nitrogens with one attached hydrogen (secondary N) is 2. The number of nitrogen functional groups attached to an aromatic ring is 1. The van der Waals surface area contributed by atoms with Gasteiger partial charge in [0.05, 0.1) is 16.4 Å². The molecule has 19 heavy (non-hydrogen) atoms. The molecule has 2 heterocycles. The minimum Gasteiger partial charge on any atom is -0.308 e. The van der Waals surface area contributed by atoms with Crippen LogP contribution in [0.25, 0.3) is 0 Å². The number of hydrogen-bond acceptors (Lipinski definition) is 7. The first-order chi connectivity index (χ1) is 8.82. The van der Waals surface area contributed by atoms with Gasteiger partial charge in [-0.3, -0.25) is 0 Å². The highest BCUT2D eigenvalue weighted by Gasteiger charge is 2.31. The maximum Gasteiger partial charge on any atom is 0.241 e. The van der Waals surface area contributed by atoms with Gasteiger partial charge in [-0.05, 0) is 12.5 Å². The summed E-state index contributed by atoms with van der Waals surface area (Å²) in [5.41, 5.74) is 2.25. The zero-order valence-corrected chi connectivity index (χ0v) is 11.5. The van der Waals surface area contributed by atoms with E-state index in [9.17, 15) is 16.8 Å². The molecule has 4 N–H and O–H groups in total. The number of nitrogens with zero attached hydrogens (tertiary/aromatic N) is 1. The summed E-state index contributed by atoms with van der Waals surface area (Å²) < 4.78 is 49.1. The number of sulfone groups is 1. The molecular weight excluding hydrogens is 292 g/mol. The quantitative estimate of drug-likeness (QED) is 0.472. The summed E-state index contributed by atoms with van der Waals surface area (Å²) in [6.45, 7) is 0. The van der Waals surface area contributed by atoms with Gasteiger partial charge in [-0.25, -0.2) is 32.4 Å². The third-order valence-corrected chi connectivity index (χ3v) is 6.03. The third kappa shape index (κ3) is 3.41. The second kappa shape index (κ2) is 5.04. The lowest BCUT2D eigenvalue weighted by Gasteiger charge is -2.12. The van der Waals surface area contributed by atoms with E-state index in [1.54, 1.807) is 0 Å². The van der Waals surface area contributed by atoms with Crippen molar-refractivity contribution in [3.63, 3.8) is 0 Å². The number of hydrazine groups is 1. The highest BCUT2D eigenvalue weighted by molar-refractivity contribution is 7.92. The predicted molar refractivity (Wildman–Crippen MR) is 69.4 cm³/mol. The monoisotopic (exact) mass is 306 g/mol. The van der Waals surface area contributed by atoms with Gasteiger partial charge in [0.1, 0.15) is 5.82 Å². The lowest BCUT2D eigenvalue weighted by atomic mass is 10.3. The van der Waals surface area contributed by atoms with Gasteiger partial charge in [-0.1, -0.05) is 0 Å². The van der Waals surface area contributed by atoms with Crippen molar-refractivity contribution in [3.8, 4) is 0 Å². The second-order valence-electron chi connectivity index (χ2n) is 4.24. The van der Waals surface area contributed by atoms with Gasteiger partial charge in [0, 0.05) is 18.3 Å². The van der Waals surface area contributed by atoms with Crippen LogP contribution in [0, 0.1) is 0 Å². The molecule has 1 aromatic rings. The summed E-state index contributed by atoms with van der Waals surface area (Å²) in [7, 11) is -6.91.